The first-order valence-electron chi connectivity index (χ1n) is 9.38. The Kier molecular flexibility index (Phi) is 7.98. The van der Waals surface area contributed by atoms with Crippen molar-refractivity contribution in [3.05, 3.63) is 67.8 Å². The van der Waals surface area contributed by atoms with Crippen molar-refractivity contribution in [1.29, 1.82) is 0 Å². The fraction of sp³-hybridized carbons (Fsp3) is 0.250. The van der Waals surface area contributed by atoms with Crippen molar-refractivity contribution in [3.63, 3.8) is 0 Å². The molecule has 1 atom stereocenters. The number of anilines is 1. The zero-order chi connectivity index (χ0) is 24.7. The molecule has 0 heterocycles. The molecular formula is C20H19N3O10. The van der Waals surface area contributed by atoms with Gasteiger partial charge in [0.15, 0.2) is 6.10 Å². The van der Waals surface area contributed by atoms with E-state index in [9.17, 15) is 34.6 Å². The lowest BCUT2D eigenvalue weighted by Crippen LogP contribution is -2.30. The fourth-order valence-corrected chi connectivity index (χ4v) is 2.58. The number of nitro groups is 2. The minimum absolute atomic E-state index is 0.00993. The molecule has 0 bridgehead atoms. The molecule has 174 valence electrons. The molecule has 1 amide bonds. The van der Waals surface area contributed by atoms with Crippen LogP contribution in [0.2, 0.25) is 0 Å². The second-order valence-electron chi connectivity index (χ2n) is 6.42. The highest BCUT2D eigenvalue weighted by atomic mass is 16.6. The minimum atomic E-state index is -1.44. The number of rotatable bonds is 9. The summed E-state index contributed by atoms with van der Waals surface area (Å²) in [6.45, 7) is 2.75. The summed E-state index contributed by atoms with van der Waals surface area (Å²) in [5.41, 5.74) is -1.77. The SMILES string of the molecule is CCOC(=O)c1cc(C(=O)OC(C)C(=O)Nc2ccc(OC)cc2[N+](=O)[O-])cc([N+](=O)[O-])c1. The van der Waals surface area contributed by atoms with Gasteiger partial charge in [-0.1, -0.05) is 0 Å². The molecule has 0 fully saturated rings. The third-order valence-corrected chi connectivity index (χ3v) is 4.19. The Balaban J connectivity index is 2.22. The van der Waals surface area contributed by atoms with E-state index in [1.807, 2.05) is 0 Å². The summed E-state index contributed by atoms with van der Waals surface area (Å²) >= 11 is 0. The van der Waals surface area contributed by atoms with E-state index in [1.165, 1.54) is 33.1 Å². The van der Waals surface area contributed by atoms with Crippen molar-refractivity contribution in [1.82, 2.24) is 0 Å². The quantitative estimate of drug-likeness (QED) is 0.332. The van der Waals surface area contributed by atoms with Crippen molar-refractivity contribution < 1.29 is 38.4 Å². The van der Waals surface area contributed by atoms with Crippen LogP contribution in [0.15, 0.2) is 36.4 Å². The molecule has 2 aromatic rings. The molecule has 0 saturated heterocycles. The van der Waals surface area contributed by atoms with Crippen LogP contribution in [0, 0.1) is 20.2 Å². The van der Waals surface area contributed by atoms with Crippen molar-refractivity contribution in [2.45, 2.75) is 20.0 Å². The largest absolute Gasteiger partial charge is 0.496 e. The van der Waals surface area contributed by atoms with E-state index in [0.717, 1.165) is 24.3 Å². The summed E-state index contributed by atoms with van der Waals surface area (Å²) < 4.78 is 14.7. The number of nitrogens with zero attached hydrogens (tertiary/aromatic N) is 2. The maximum absolute atomic E-state index is 12.5. The molecule has 2 rings (SSSR count). The smallest absolute Gasteiger partial charge is 0.339 e. The number of carbonyl (C=O) groups excluding carboxylic acids is 3. The van der Waals surface area contributed by atoms with Crippen LogP contribution in [0.5, 0.6) is 5.75 Å². The van der Waals surface area contributed by atoms with Crippen LogP contribution in [0.25, 0.3) is 0 Å². The number of hydrogen-bond donors (Lipinski definition) is 1. The maximum Gasteiger partial charge on any atom is 0.339 e. The molecule has 1 N–H and O–H groups in total. The predicted molar refractivity (Wildman–Crippen MR) is 112 cm³/mol. The van der Waals surface area contributed by atoms with Gasteiger partial charge in [0.05, 0.1) is 40.8 Å². The number of hydrogen-bond acceptors (Lipinski definition) is 10. The Morgan fingerprint density at radius 2 is 1.64 bits per heavy atom. The summed E-state index contributed by atoms with van der Waals surface area (Å²) in [5, 5.41) is 24.7. The standard InChI is InChI=1S/C20H19N3O10/c1-4-32-19(25)12-7-13(9-14(8-12)22(27)28)20(26)33-11(2)18(24)21-16-6-5-15(31-3)10-17(16)23(29)30/h5-11H,4H2,1-3H3,(H,21,24). The summed E-state index contributed by atoms with van der Waals surface area (Å²) in [6.07, 6.45) is -1.44. The molecule has 0 aliphatic heterocycles. The molecule has 0 aromatic heterocycles. The van der Waals surface area contributed by atoms with Crippen molar-refractivity contribution >= 4 is 34.9 Å². The second kappa shape index (κ2) is 10.7. The molecular weight excluding hydrogens is 442 g/mol. The minimum Gasteiger partial charge on any atom is -0.496 e. The Morgan fingerprint density at radius 1 is 1.00 bits per heavy atom. The number of nitrogens with one attached hydrogen (secondary N) is 1. The van der Waals surface area contributed by atoms with Crippen molar-refractivity contribution in [2.24, 2.45) is 0 Å². The third kappa shape index (κ3) is 6.22. The molecule has 0 aliphatic rings. The van der Waals surface area contributed by atoms with E-state index < -0.39 is 45.2 Å². The molecule has 1 unspecified atom stereocenters. The van der Waals surface area contributed by atoms with Crippen LogP contribution >= 0.6 is 0 Å². The number of methoxy groups -OCH3 is 1. The van der Waals surface area contributed by atoms with Crippen LogP contribution in [-0.2, 0) is 14.3 Å². The van der Waals surface area contributed by atoms with E-state index in [4.69, 9.17) is 14.2 Å². The summed E-state index contributed by atoms with van der Waals surface area (Å²) in [6, 6.07) is 6.59. The van der Waals surface area contributed by atoms with E-state index in [1.54, 1.807) is 0 Å². The summed E-state index contributed by atoms with van der Waals surface area (Å²) in [4.78, 5) is 57.7. The highest BCUT2D eigenvalue weighted by Gasteiger charge is 2.25. The Morgan fingerprint density at radius 3 is 2.18 bits per heavy atom. The molecule has 0 radical (unpaired) electrons. The Hall–Kier alpha value is -4.55. The third-order valence-electron chi connectivity index (χ3n) is 4.19. The lowest BCUT2D eigenvalue weighted by Gasteiger charge is -2.14. The number of esters is 2. The normalized spacial score (nSPS) is 11.1. The summed E-state index contributed by atoms with van der Waals surface area (Å²) in [7, 11) is 1.32. The first-order valence-corrected chi connectivity index (χ1v) is 9.38. The lowest BCUT2D eigenvalue weighted by atomic mass is 10.1. The van der Waals surface area contributed by atoms with E-state index >= 15 is 0 Å². The number of ether oxygens (including phenoxy) is 3. The van der Waals surface area contributed by atoms with Crippen LogP contribution in [0.1, 0.15) is 34.6 Å². The van der Waals surface area contributed by atoms with Gasteiger partial charge >= 0.3 is 11.9 Å². The van der Waals surface area contributed by atoms with Gasteiger partial charge in [0, 0.05) is 12.1 Å². The average molecular weight is 461 g/mol. The van der Waals surface area contributed by atoms with Gasteiger partial charge in [-0.25, -0.2) is 9.59 Å². The summed E-state index contributed by atoms with van der Waals surface area (Å²) in [5.74, 6) is -2.71. The van der Waals surface area contributed by atoms with Crippen LogP contribution in [0.4, 0.5) is 17.1 Å². The number of amides is 1. The number of carbonyl (C=O) groups is 3. The van der Waals surface area contributed by atoms with E-state index in [0.29, 0.717) is 0 Å². The van der Waals surface area contributed by atoms with Gasteiger partial charge in [-0.15, -0.1) is 0 Å². The molecule has 0 saturated carbocycles. The second-order valence-corrected chi connectivity index (χ2v) is 6.42. The van der Waals surface area contributed by atoms with Gasteiger partial charge in [0.1, 0.15) is 11.4 Å². The first kappa shape index (κ1) is 24.7. The van der Waals surface area contributed by atoms with Gasteiger partial charge in [-0.3, -0.25) is 25.0 Å². The highest BCUT2D eigenvalue weighted by Crippen LogP contribution is 2.29. The van der Waals surface area contributed by atoms with Gasteiger partial charge in [0.25, 0.3) is 17.3 Å². The Labute approximate surface area is 186 Å². The number of non-ortho nitro benzene ring substituents is 1. The van der Waals surface area contributed by atoms with Crippen molar-refractivity contribution in [2.75, 3.05) is 19.0 Å². The molecule has 13 heteroatoms. The van der Waals surface area contributed by atoms with Crippen LogP contribution in [-0.4, -0.2) is 47.5 Å². The van der Waals surface area contributed by atoms with Gasteiger partial charge in [-0.2, -0.15) is 0 Å². The molecule has 0 spiro atoms. The lowest BCUT2D eigenvalue weighted by molar-refractivity contribution is -0.384. The van der Waals surface area contributed by atoms with E-state index in [-0.39, 0.29) is 29.2 Å². The van der Waals surface area contributed by atoms with Crippen LogP contribution < -0.4 is 10.1 Å². The zero-order valence-electron chi connectivity index (χ0n) is 17.7. The predicted octanol–water partition coefficient (Wildman–Crippen LogP) is 2.87. The fourth-order valence-electron chi connectivity index (χ4n) is 2.58. The Bertz CT molecular complexity index is 1120. The zero-order valence-corrected chi connectivity index (χ0v) is 17.7. The molecule has 13 nitrogen and oxygen atoms in total. The van der Waals surface area contributed by atoms with Gasteiger partial charge in [-0.05, 0) is 32.0 Å². The number of benzene rings is 2. The molecule has 33 heavy (non-hydrogen) atoms. The highest BCUT2D eigenvalue weighted by molar-refractivity contribution is 6.00. The monoisotopic (exact) mass is 461 g/mol. The molecule has 2 aromatic carbocycles. The van der Waals surface area contributed by atoms with Crippen LogP contribution in [0.3, 0.4) is 0 Å². The van der Waals surface area contributed by atoms with E-state index in [2.05, 4.69) is 5.32 Å². The number of nitro benzene ring substituents is 2. The first-order chi connectivity index (χ1) is 15.6. The van der Waals surface area contributed by atoms with Gasteiger partial charge < -0.3 is 19.5 Å². The average Bonchev–Trinajstić information content (AvgIpc) is 2.78. The molecule has 0 aliphatic carbocycles. The maximum atomic E-state index is 12.5. The van der Waals surface area contributed by atoms with Gasteiger partial charge in [0.2, 0.25) is 0 Å². The topological polar surface area (TPSA) is 177 Å². The van der Waals surface area contributed by atoms with Crippen molar-refractivity contribution in [3.8, 4) is 5.75 Å².